The predicted octanol–water partition coefficient (Wildman–Crippen LogP) is 3.06. The zero-order valence-corrected chi connectivity index (χ0v) is 14.5. The molecule has 3 rings (SSSR count). The third-order valence-electron chi connectivity index (χ3n) is 4.09. The first-order valence-corrected chi connectivity index (χ1v) is 9.31. The summed E-state index contributed by atoms with van der Waals surface area (Å²) in [4.78, 5) is 1.68. The van der Waals surface area contributed by atoms with E-state index in [1.807, 2.05) is 25.1 Å². The van der Waals surface area contributed by atoms with Crippen molar-refractivity contribution in [2.45, 2.75) is 30.4 Å². The molecule has 7 heteroatoms. The molecule has 130 valence electrons. The van der Waals surface area contributed by atoms with Crippen molar-refractivity contribution < 1.29 is 22.4 Å². The van der Waals surface area contributed by atoms with Gasteiger partial charge in [0, 0.05) is 37.0 Å². The second-order valence-electron chi connectivity index (χ2n) is 6.05. The van der Waals surface area contributed by atoms with Crippen molar-refractivity contribution in [3.05, 3.63) is 30.3 Å². The summed E-state index contributed by atoms with van der Waals surface area (Å²) >= 11 is 0. The molecule has 1 saturated heterocycles. The van der Waals surface area contributed by atoms with E-state index in [4.69, 9.17) is 9.47 Å². The van der Waals surface area contributed by atoms with Crippen LogP contribution in [0.5, 0.6) is 5.75 Å². The summed E-state index contributed by atoms with van der Waals surface area (Å²) in [5.41, 5.74) is 0.859. The highest BCUT2D eigenvalue weighted by atomic mass is 32.2. The molecule has 0 bridgehead atoms. The molecule has 0 radical (unpaired) electrons. The van der Waals surface area contributed by atoms with E-state index in [1.54, 1.807) is 24.3 Å². The van der Waals surface area contributed by atoms with Crippen molar-refractivity contribution in [2.24, 2.45) is 0 Å². The Morgan fingerprint density at radius 3 is 2.58 bits per heavy atom. The zero-order chi connectivity index (χ0) is 17.3. The molecule has 0 saturated carbocycles. The highest BCUT2D eigenvalue weighted by molar-refractivity contribution is 7.86. The highest BCUT2D eigenvalue weighted by Crippen LogP contribution is 2.37. The molecular weight excluding hydrogens is 330 g/mol. The normalized spacial score (nSPS) is 18.5. The van der Waals surface area contributed by atoms with Gasteiger partial charge in [-0.2, -0.15) is 8.42 Å². The molecule has 0 amide bonds. The first-order valence-electron chi connectivity index (χ1n) is 7.87. The Morgan fingerprint density at radius 1 is 1.17 bits per heavy atom. The Kier molecular flexibility index (Phi) is 4.67. The molecule has 0 spiro atoms. The van der Waals surface area contributed by atoms with Gasteiger partial charge >= 0.3 is 0 Å². The van der Waals surface area contributed by atoms with Crippen molar-refractivity contribution in [2.75, 3.05) is 25.6 Å². The van der Waals surface area contributed by atoms with Crippen LogP contribution in [0.4, 0.5) is 5.69 Å². The van der Waals surface area contributed by atoms with Gasteiger partial charge < -0.3 is 14.4 Å². The van der Waals surface area contributed by atoms with Crippen LogP contribution in [0.3, 0.4) is 0 Å². The highest BCUT2D eigenvalue weighted by Gasteiger charge is 2.25. The SMILES string of the molecule is CN(C)c1cccc2c(S(=O)(=O)O)c(OC3CCCCO3)ccc12. The molecule has 6 nitrogen and oxygen atoms in total. The first-order chi connectivity index (χ1) is 11.4. The van der Waals surface area contributed by atoms with E-state index in [1.165, 1.54) is 0 Å². The summed E-state index contributed by atoms with van der Waals surface area (Å²) in [6.45, 7) is 0.588. The molecule has 1 unspecified atom stereocenters. The smallest absolute Gasteiger partial charge is 0.298 e. The molecule has 2 aromatic carbocycles. The fourth-order valence-electron chi connectivity index (χ4n) is 2.99. The number of hydrogen-bond donors (Lipinski definition) is 1. The number of fused-ring (bicyclic) bond motifs is 1. The summed E-state index contributed by atoms with van der Waals surface area (Å²) in [7, 11) is -0.698. The van der Waals surface area contributed by atoms with Crippen molar-refractivity contribution >= 4 is 26.6 Å². The fraction of sp³-hybridized carbons (Fsp3) is 0.412. The number of benzene rings is 2. The van der Waals surface area contributed by atoms with Gasteiger partial charge in [-0.15, -0.1) is 0 Å². The van der Waals surface area contributed by atoms with E-state index in [-0.39, 0.29) is 10.6 Å². The van der Waals surface area contributed by atoms with Crippen LogP contribution in [0, 0.1) is 0 Å². The quantitative estimate of drug-likeness (QED) is 0.853. The number of hydrogen-bond acceptors (Lipinski definition) is 5. The summed E-state index contributed by atoms with van der Waals surface area (Å²) in [6, 6.07) is 8.70. The van der Waals surface area contributed by atoms with Gasteiger partial charge in [-0.1, -0.05) is 12.1 Å². The van der Waals surface area contributed by atoms with Crippen LogP contribution in [0.2, 0.25) is 0 Å². The van der Waals surface area contributed by atoms with E-state index in [9.17, 15) is 13.0 Å². The third kappa shape index (κ3) is 3.33. The lowest BCUT2D eigenvalue weighted by Gasteiger charge is -2.25. The molecule has 0 aromatic heterocycles. The maximum atomic E-state index is 12.0. The lowest BCUT2D eigenvalue weighted by molar-refractivity contribution is -0.107. The van der Waals surface area contributed by atoms with E-state index in [0.717, 1.165) is 23.9 Å². The Bertz CT molecular complexity index is 841. The van der Waals surface area contributed by atoms with Gasteiger partial charge in [-0.25, -0.2) is 0 Å². The zero-order valence-electron chi connectivity index (χ0n) is 13.7. The molecule has 0 aliphatic carbocycles. The lowest BCUT2D eigenvalue weighted by Crippen LogP contribution is -2.25. The van der Waals surface area contributed by atoms with E-state index in [2.05, 4.69) is 0 Å². The molecule has 1 fully saturated rings. The van der Waals surface area contributed by atoms with Gasteiger partial charge in [0.05, 0.1) is 6.61 Å². The van der Waals surface area contributed by atoms with E-state index in [0.29, 0.717) is 18.4 Å². The summed E-state index contributed by atoms with van der Waals surface area (Å²) < 4.78 is 45.1. The van der Waals surface area contributed by atoms with Gasteiger partial charge in [0.15, 0.2) is 6.29 Å². The first kappa shape index (κ1) is 17.0. The van der Waals surface area contributed by atoms with Crippen molar-refractivity contribution in [3.63, 3.8) is 0 Å². The Labute approximate surface area is 141 Å². The second kappa shape index (κ2) is 6.58. The van der Waals surface area contributed by atoms with Crippen LogP contribution in [0.25, 0.3) is 10.8 Å². The average molecular weight is 351 g/mol. The fourth-order valence-corrected chi connectivity index (χ4v) is 3.81. The van der Waals surface area contributed by atoms with Gasteiger partial charge in [0.1, 0.15) is 10.6 Å². The molecular formula is C17H21NO5S. The van der Waals surface area contributed by atoms with Crippen molar-refractivity contribution in [3.8, 4) is 5.75 Å². The number of rotatable bonds is 4. The Balaban J connectivity index is 2.16. The maximum Gasteiger partial charge on any atom is 0.298 e. The summed E-state index contributed by atoms with van der Waals surface area (Å²) in [5.74, 6) is 0.118. The van der Waals surface area contributed by atoms with E-state index >= 15 is 0 Å². The largest absolute Gasteiger partial charge is 0.463 e. The summed E-state index contributed by atoms with van der Waals surface area (Å²) in [5, 5.41) is 1.16. The topological polar surface area (TPSA) is 76.1 Å². The number of ether oxygens (including phenoxy) is 2. The van der Waals surface area contributed by atoms with Crippen LogP contribution in [-0.4, -0.2) is 40.0 Å². The molecule has 1 aliphatic rings. The number of nitrogens with zero attached hydrogens (tertiary/aromatic N) is 1. The molecule has 1 heterocycles. The minimum Gasteiger partial charge on any atom is -0.463 e. The molecule has 2 aromatic rings. The van der Waals surface area contributed by atoms with Crippen molar-refractivity contribution in [1.29, 1.82) is 0 Å². The minimum atomic E-state index is -4.45. The van der Waals surface area contributed by atoms with E-state index < -0.39 is 16.4 Å². The predicted molar refractivity (Wildman–Crippen MR) is 92.3 cm³/mol. The third-order valence-corrected chi connectivity index (χ3v) is 5.03. The average Bonchev–Trinajstić information content (AvgIpc) is 2.53. The molecule has 24 heavy (non-hydrogen) atoms. The van der Waals surface area contributed by atoms with Crippen molar-refractivity contribution in [1.82, 2.24) is 0 Å². The van der Waals surface area contributed by atoms with Gasteiger partial charge in [-0.05, 0) is 31.0 Å². The minimum absolute atomic E-state index is 0.118. The van der Waals surface area contributed by atoms with Crippen LogP contribution in [0.1, 0.15) is 19.3 Å². The monoisotopic (exact) mass is 351 g/mol. The Hall–Kier alpha value is -1.83. The molecule has 1 atom stereocenters. The van der Waals surface area contributed by atoms with Crippen LogP contribution in [0.15, 0.2) is 35.2 Å². The molecule has 1 N–H and O–H groups in total. The Morgan fingerprint density at radius 2 is 1.96 bits per heavy atom. The lowest BCUT2D eigenvalue weighted by atomic mass is 10.1. The molecule has 1 aliphatic heterocycles. The standard InChI is InChI=1S/C17H21NO5S/c1-18(2)14-7-5-6-13-12(14)9-10-15(17(13)24(19,20)21)23-16-8-3-4-11-22-16/h5-7,9-10,16H,3-4,8,11H2,1-2H3,(H,19,20,21). The van der Waals surface area contributed by atoms with Gasteiger partial charge in [0.25, 0.3) is 10.1 Å². The van der Waals surface area contributed by atoms with Crippen LogP contribution < -0.4 is 9.64 Å². The number of anilines is 1. The van der Waals surface area contributed by atoms with Crippen LogP contribution >= 0.6 is 0 Å². The van der Waals surface area contributed by atoms with Gasteiger partial charge in [-0.3, -0.25) is 4.55 Å². The second-order valence-corrected chi connectivity index (χ2v) is 7.41. The maximum absolute atomic E-state index is 12.0. The van der Waals surface area contributed by atoms with Crippen LogP contribution in [-0.2, 0) is 14.9 Å². The van der Waals surface area contributed by atoms with Gasteiger partial charge in [0.2, 0.25) is 0 Å². The summed E-state index contributed by atoms with van der Waals surface area (Å²) in [6.07, 6.45) is 2.13.